The number of halogens is 1. The Labute approximate surface area is 167 Å². The molecule has 154 valence electrons. The fourth-order valence-corrected chi connectivity index (χ4v) is 2.65. The number of amides is 1. The molecule has 0 radical (unpaired) electrons. The van der Waals surface area contributed by atoms with E-state index in [0.717, 1.165) is 30.9 Å². The average molecular weight is 403 g/mol. The zero-order valence-electron chi connectivity index (χ0n) is 16.3. The standard InChI is InChI=1S/C20H22FN3O5/c1-4-23(5-2)16-9-6-14(7-10-16)20(26)29-13(3)19(25)22-15-8-11-17(21)18(12-15)24(27)28/h6-13H,4-5H2,1-3H3,(H,22,25)/t13-/m1/s1. The van der Waals surface area contributed by atoms with Gasteiger partial charge < -0.3 is 15.0 Å². The van der Waals surface area contributed by atoms with Gasteiger partial charge >= 0.3 is 11.7 Å². The van der Waals surface area contributed by atoms with E-state index in [0.29, 0.717) is 0 Å². The number of nitrogens with zero attached hydrogens (tertiary/aromatic N) is 2. The van der Waals surface area contributed by atoms with Gasteiger partial charge in [-0.05, 0) is 57.2 Å². The third kappa shape index (κ3) is 5.50. The first-order valence-corrected chi connectivity index (χ1v) is 9.07. The van der Waals surface area contributed by atoms with E-state index in [9.17, 15) is 24.1 Å². The van der Waals surface area contributed by atoms with Gasteiger partial charge in [-0.25, -0.2) is 4.79 Å². The van der Waals surface area contributed by atoms with E-state index in [1.54, 1.807) is 24.3 Å². The topological polar surface area (TPSA) is 102 Å². The maximum Gasteiger partial charge on any atom is 0.338 e. The molecule has 0 spiro atoms. The summed E-state index contributed by atoms with van der Waals surface area (Å²) in [6.45, 7) is 7.09. The van der Waals surface area contributed by atoms with Crippen LogP contribution in [0.4, 0.5) is 21.5 Å². The summed E-state index contributed by atoms with van der Waals surface area (Å²) in [7, 11) is 0. The molecular formula is C20H22FN3O5. The van der Waals surface area contributed by atoms with Crippen molar-refractivity contribution in [2.75, 3.05) is 23.3 Å². The van der Waals surface area contributed by atoms with Gasteiger partial charge in [0.15, 0.2) is 6.10 Å². The number of nitro benzene ring substituents is 1. The highest BCUT2D eigenvalue weighted by molar-refractivity contribution is 5.97. The first-order valence-electron chi connectivity index (χ1n) is 9.07. The van der Waals surface area contributed by atoms with Crippen molar-refractivity contribution in [3.63, 3.8) is 0 Å². The van der Waals surface area contributed by atoms with Crippen molar-refractivity contribution in [3.05, 3.63) is 64.0 Å². The Balaban J connectivity index is 2.01. The predicted octanol–water partition coefficient (Wildman–Crippen LogP) is 3.76. The number of benzene rings is 2. The van der Waals surface area contributed by atoms with E-state index in [4.69, 9.17) is 4.74 Å². The Kier molecular flexibility index (Phi) is 7.24. The molecule has 0 aliphatic heterocycles. The fraction of sp³-hybridized carbons (Fsp3) is 0.300. The summed E-state index contributed by atoms with van der Waals surface area (Å²) >= 11 is 0. The van der Waals surface area contributed by atoms with Crippen molar-refractivity contribution in [1.29, 1.82) is 0 Å². The Hall–Kier alpha value is -3.49. The van der Waals surface area contributed by atoms with Crippen LogP contribution in [0, 0.1) is 15.9 Å². The van der Waals surface area contributed by atoms with Crippen molar-refractivity contribution in [3.8, 4) is 0 Å². The van der Waals surface area contributed by atoms with E-state index in [1.807, 2.05) is 13.8 Å². The molecule has 0 aliphatic rings. The van der Waals surface area contributed by atoms with Crippen molar-refractivity contribution >= 4 is 28.9 Å². The molecule has 1 N–H and O–H groups in total. The first kappa shape index (κ1) is 21.8. The quantitative estimate of drug-likeness (QED) is 0.409. The number of rotatable bonds is 8. The smallest absolute Gasteiger partial charge is 0.338 e. The van der Waals surface area contributed by atoms with Crippen LogP contribution in [-0.2, 0) is 9.53 Å². The summed E-state index contributed by atoms with van der Waals surface area (Å²) in [6.07, 6.45) is -1.16. The Morgan fingerprint density at radius 1 is 1.17 bits per heavy atom. The maximum atomic E-state index is 13.4. The highest BCUT2D eigenvalue weighted by Crippen LogP contribution is 2.22. The van der Waals surface area contributed by atoms with E-state index in [2.05, 4.69) is 10.2 Å². The minimum absolute atomic E-state index is 0.0228. The number of nitrogens with one attached hydrogen (secondary N) is 1. The second-order valence-corrected chi connectivity index (χ2v) is 6.18. The molecule has 0 fully saturated rings. The molecule has 9 heteroatoms. The molecule has 0 saturated heterocycles. The van der Waals surface area contributed by atoms with Crippen LogP contribution < -0.4 is 10.2 Å². The van der Waals surface area contributed by atoms with Crippen molar-refractivity contribution < 1.29 is 23.6 Å². The van der Waals surface area contributed by atoms with Gasteiger partial charge in [-0.15, -0.1) is 0 Å². The molecule has 0 aromatic heterocycles. The number of ether oxygens (including phenoxy) is 1. The van der Waals surface area contributed by atoms with Crippen molar-refractivity contribution in [2.45, 2.75) is 26.9 Å². The van der Waals surface area contributed by atoms with Gasteiger partial charge in [0, 0.05) is 30.5 Å². The van der Waals surface area contributed by atoms with Crippen LogP contribution in [0.5, 0.6) is 0 Å². The lowest BCUT2D eigenvalue weighted by Gasteiger charge is -2.21. The second-order valence-electron chi connectivity index (χ2n) is 6.18. The molecule has 29 heavy (non-hydrogen) atoms. The van der Waals surface area contributed by atoms with Crippen molar-refractivity contribution in [2.24, 2.45) is 0 Å². The van der Waals surface area contributed by atoms with Gasteiger partial charge in [0.25, 0.3) is 5.91 Å². The molecule has 2 rings (SSSR count). The summed E-state index contributed by atoms with van der Waals surface area (Å²) in [5.41, 5.74) is 0.517. The van der Waals surface area contributed by atoms with Gasteiger partial charge in [-0.3, -0.25) is 14.9 Å². The number of hydrogen-bond acceptors (Lipinski definition) is 6. The Morgan fingerprint density at radius 3 is 2.34 bits per heavy atom. The van der Waals surface area contributed by atoms with E-state index < -0.39 is 34.4 Å². The van der Waals surface area contributed by atoms with Crippen molar-refractivity contribution in [1.82, 2.24) is 0 Å². The van der Waals surface area contributed by atoms with Crippen LogP contribution in [0.25, 0.3) is 0 Å². The third-order valence-corrected chi connectivity index (χ3v) is 4.30. The van der Waals surface area contributed by atoms with Crippen LogP contribution in [0.1, 0.15) is 31.1 Å². The Morgan fingerprint density at radius 2 is 1.79 bits per heavy atom. The lowest BCUT2D eigenvalue weighted by atomic mass is 10.2. The molecule has 0 aliphatic carbocycles. The van der Waals surface area contributed by atoms with Gasteiger partial charge in [-0.2, -0.15) is 4.39 Å². The molecule has 0 heterocycles. The van der Waals surface area contributed by atoms with Gasteiger partial charge in [-0.1, -0.05) is 0 Å². The van der Waals surface area contributed by atoms with Crippen LogP contribution in [0.2, 0.25) is 0 Å². The Bertz CT molecular complexity index is 897. The second kappa shape index (κ2) is 9.63. The average Bonchev–Trinajstić information content (AvgIpc) is 2.70. The molecule has 2 aromatic carbocycles. The molecular weight excluding hydrogens is 381 g/mol. The summed E-state index contributed by atoms with van der Waals surface area (Å²) in [6, 6.07) is 9.78. The third-order valence-electron chi connectivity index (χ3n) is 4.30. The molecule has 1 amide bonds. The molecule has 0 bridgehead atoms. The SMILES string of the molecule is CCN(CC)c1ccc(C(=O)O[C@H](C)C(=O)Nc2ccc(F)c([N+](=O)[O-])c2)cc1. The largest absolute Gasteiger partial charge is 0.449 e. The van der Waals surface area contributed by atoms with Gasteiger partial charge in [0.2, 0.25) is 5.82 Å². The predicted molar refractivity (Wildman–Crippen MR) is 107 cm³/mol. The minimum Gasteiger partial charge on any atom is -0.449 e. The lowest BCUT2D eigenvalue weighted by Crippen LogP contribution is -2.30. The van der Waals surface area contributed by atoms with Crippen LogP contribution in [0.15, 0.2) is 42.5 Å². The lowest BCUT2D eigenvalue weighted by molar-refractivity contribution is -0.387. The summed E-state index contributed by atoms with van der Waals surface area (Å²) in [5.74, 6) is -2.39. The van der Waals surface area contributed by atoms with E-state index in [-0.39, 0.29) is 11.3 Å². The minimum atomic E-state index is -1.16. The van der Waals surface area contributed by atoms with E-state index >= 15 is 0 Å². The highest BCUT2D eigenvalue weighted by Gasteiger charge is 2.21. The number of carbonyl (C=O) groups is 2. The molecule has 8 nitrogen and oxygen atoms in total. The molecule has 1 atom stereocenters. The summed E-state index contributed by atoms with van der Waals surface area (Å²) in [5, 5.41) is 13.1. The van der Waals surface area contributed by atoms with Crippen LogP contribution in [-0.4, -0.2) is 36.0 Å². The normalized spacial score (nSPS) is 11.4. The fourth-order valence-electron chi connectivity index (χ4n) is 2.65. The summed E-state index contributed by atoms with van der Waals surface area (Å²) in [4.78, 5) is 36.5. The van der Waals surface area contributed by atoms with Gasteiger partial charge in [0.05, 0.1) is 10.5 Å². The van der Waals surface area contributed by atoms with Crippen LogP contribution in [0.3, 0.4) is 0 Å². The monoisotopic (exact) mass is 403 g/mol. The molecule has 2 aromatic rings. The number of esters is 1. The maximum absolute atomic E-state index is 13.4. The highest BCUT2D eigenvalue weighted by atomic mass is 19.1. The summed E-state index contributed by atoms with van der Waals surface area (Å²) < 4.78 is 18.5. The number of anilines is 2. The zero-order valence-corrected chi connectivity index (χ0v) is 16.3. The number of hydrogen-bond donors (Lipinski definition) is 1. The van der Waals surface area contributed by atoms with Crippen LogP contribution >= 0.6 is 0 Å². The number of nitro groups is 1. The number of carbonyl (C=O) groups excluding carboxylic acids is 2. The molecule has 0 saturated carbocycles. The molecule has 0 unspecified atom stereocenters. The van der Waals surface area contributed by atoms with E-state index in [1.165, 1.54) is 13.0 Å². The zero-order chi connectivity index (χ0) is 21.6. The van der Waals surface area contributed by atoms with Gasteiger partial charge in [0.1, 0.15) is 0 Å². The first-order chi connectivity index (χ1) is 13.8.